The van der Waals surface area contributed by atoms with Crippen molar-refractivity contribution in [3.05, 3.63) is 17.5 Å². The van der Waals surface area contributed by atoms with E-state index in [4.69, 9.17) is 0 Å². The van der Waals surface area contributed by atoms with Gasteiger partial charge >= 0.3 is 0 Å². The molecule has 19 heavy (non-hydrogen) atoms. The quantitative estimate of drug-likeness (QED) is 0.755. The third-order valence-corrected chi connectivity index (χ3v) is 6.68. The molecule has 0 spiro atoms. The average molecular weight is 297 g/mol. The van der Waals surface area contributed by atoms with E-state index in [1.807, 2.05) is 23.1 Å². The van der Waals surface area contributed by atoms with E-state index in [0.29, 0.717) is 18.6 Å². The molecule has 4 heteroatoms. The summed E-state index contributed by atoms with van der Waals surface area (Å²) in [4.78, 5) is 0. The van der Waals surface area contributed by atoms with Gasteiger partial charge in [0.2, 0.25) is 0 Å². The maximum atomic E-state index is 9.88. The summed E-state index contributed by atoms with van der Waals surface area (Å²) in [7, 11) is 0. The third kappa shape index (κ3) is 3.35. The second kappa shape index (κ2) is 6.17. The van der Waals surface area contributed by atoms with Gasteiger partial charge in [-0.3, -0.25) is 0 Å². The van der Waals surface area contributed by atoms with Gasteiger partial charge in [-0.1, -0.05) is 12.5 Å². The highest BCUT2D eigenvalue weighted by atomic mass is 32.2. The maximum absolute atomic E-state index is 9.88. The molecule has 1 aromatic heterocycles. The van der Waals surface area contributed by atoms with Crippen LogP contribution in [0.15, 0.2) is 21.7 Å². The van der Waals surface area contributed by atoms with Gasteiger partial charge in [0, 0.05) is 11.6 Å². The van der Waals surface area contributed by atoms with Crippen LogP contribution in [0.3, 0.4) is 0 Å². The number of hydrogen-bond donors (Lipinski definition) is 2. The van der Waals surface area contributed by atoms with Crippen LogP contribution in [0.1, 0.15) is 38.5 Å². The summed E-state index contributed by atoms with van der Waals surface area (Å²) in [5.74, 6) is 1.84. The van der Waals surface area contributed by atoms with Crippen LogP contribution in [0.2, 0.25) is 0 Å². The zero-order chi connectivity index (χ0) is 13.1. The van der Waals surface area contributed by atoms with Gasteiger partial charge in [0.05, 0.1) is 10.8 Å². The van der Waals surface area contributed by atoms with E-state index in [1.165, 1.54) is 42.1 Å². The van der Waals surface area contributed by atoms with E-state index < -0.39 is 0 Å². The monoisotopic (exact) mass is 297 g/mol. The van der Waals surface area contributed by atoms with Crippen molar-refractivity contribution in [2.75, 3.05) is 12.4 Å². The van der Waals surface area contributed by atoms with Crippen LogP contribution >= 0.6 is 23.1 Å². The summed E-state index contributed by atoms with van der Waals surface area (Å²) >= 11 is 3.80. The van der Waals surface area contributed by atoms with Gasteiger partial charge in [0.25, 0.3) is 0 Å². The van der Waals surface area contributed by atoms with Gasteiger partial charge in [-0.2, -0.15) is 0 Å². The molecule has 2 N–H and O–H groups in total. The first-order chi connectivity index (χ1) is 9.32. The van der Waals surface area contributed by atoms with E-state index >= 15 is 0 Å². The largest absolute Gasteiger partial charge is 0.394 e. The van der Waals surface area contributed by atoms with Crippen molar-refractivity contribution in [2.24, 2.45) is 5.92 Å². The Bertz CT molecular complexity index is 391. The topological polar surface area (TPSA) is 32.3 Å². The fourth-order valence-electron chi connectivity index (χ4n) is 3.29. The smallest absolute Gasteiger partial charge is 0.0616 e. The number of thiophene rings is 1. The van der Waals surface area contributed by atoms with E-state index in [-0.39, 0.29) is 5.54 Å². The Morgan fingerprint density at radius 3 is 3.00 bits per heavy atom. The number of aliphatic hydroxyl groups is 1. The number of rotatable bonds is 7. The average Bonchev–Trinajstić information content (AvgIpc) is 2.92. The summed E-state index contributed by atoms with van der Waals surface area (Å²) in [6.45, 7) is 0.317. The van der Waals surface area contributed by atoms with Crippen molar-refractivity contribution in [1.29, 1.82) is 0 Å². The van der Waals surface area contributed by atoms with Crippen molar-refractivity contribution < 1.29 is 5.11 Å². The molecule has 106 valence electrons. The molecule has 0 radical (unpaired) electrons. The first-order valence-electron chi connectivity index (χ1n) is 7.37. The summed E-state index contributed by atoms with van der Waals surface area (Å²) < 4.78 is 1.42. The molecule has 1 aromatic rings. The molecule has 1 heterocycles. The fourth-order valence-corrected chi connectivity index (χ4v) is 5.21. The Labute approximate surface area is 124 Å². The van der Waals surface area contributed by atoms with Crippen LogP contribution in [-0.4, -0.2) is 29.0 Å². The number of thioether (sulfide) groups is 1. The molecular formula is C15H23NOS2. The van der Waals surface area contributed by atoms with Gasteiger partial charge in [-0.15, -0.1) is 23.1 Å². The molecule has 3 rings (SSSR count). The molecule has 2 fully saturated rings. The predicted octanol–water partition coefficient (Wildman–Crippen LogP) is 3.51. The van der Waals surface area contributed by atoms with Gasteiger partial charge in [-0.25, -0.2) is 0 Å². The Kier molecular flexibility index (Phi) is 4.52. The molecule has 2 aliphatic rings. The number of hydrogen-bond acceptors (Lipinski definition) is 4. The van der Waals surface area contributed by atoms with Crippen molar-refractivity contribution in [3.63, 3.8) is 0 Å². The van der Waals surface area contributed by atoms with E-state index in [1.54, 1.807) is 0 Å². The molecule has 0 aromatic carbocycles. The van der Waals surface area contributed by atoms with Crippen LogP contribution in [0.25, 0.3) is 0 Å². The predicted molar refractivity (Wildman–Crippen MR) is 83.0 cm³/mol. The van der Waals surface area contributed by atoms with E-state index in [2.05, 4.69) is 22.8 Å². The van der Waals surface area contributed by atoms with Crippen LogP contribution in [0.4, 0.5) is 0 Å². The molecule has 2 unspecified atom stereocenters. The lowest BCUT2D eigenvalue weighted by atomic mass is 9.85. The van der Waals surface area contributed by atoms with Gasteiger partial charge in [0.1, 0.15) is 0 Å². The SMILES string of the molecule is OCC1(NC2CC2)CCCC1CCSc1cccs1. The lowest BCUT2D eigenvalue weighted by molar-refractivity contribution is 0.120. The first-order valence-corrected chi connectivity index (χ1v) is 9.24. The summed E-state index contributed by atoms with van der Waals surface area (Å²) in [5, 5.41) is 15.8. The zero-order valence-corrected chi connectivity index (χ0v) is 12.9. The second-order valence-corrected chi connectivity index (χ2v) is 8.23. The van der Waals surface area contributed by atoms with Gasteiger partial charge < -0.3 is 10.4 Å². The highest BCUT2D eigenvalue weighted by Gasteiger charge is 2.44. The van der Waals surface area contributed by atoms with Crippen molar-refractivity contribution in [1.82, 2.24) is 5.32 Å². The van der Waals surface area contributed by atoms with Crippen molar-refractivity contribution in [2.45, 2.75) is 54.3 Å². The van der Waals surface area contributed by atoms with Crippen LogP contribution < -0.4 is 5.32 Å². The maximum Gasteiger partial charge on any atom is 0.0616 e. The van der Waals surface area contributed by atoms with Crippen molar-refractivity contribution >= 4 is 23.1 Å². The number of nitrogens with one attached hydrogen (secondary N) is 1. The van der Waals surface area contributed by atoms with Crippen LogP contribution in [-0.2, 0) is 0 Å². The fraction of sp³-hybridized carbons (Fsp3) is 0.733. The third-order valence-electron chi connectivity index (χ3n) is 4.51. The second-order valence-electron chi connectivity index (χ2n) is 5.89. The lowest BCUT2D eigenvalue weighted by Gasteiger charge is -2.35. The van der Waals surface area contributed by atoms with Gasteiger partial charge in [-0.05, 0) is 55.2 Å². The minimum Gasteiger partial charge on any atom is -0.394 e. The highest BCUT2D eigenvalue weighted by molar-refractivity contribution is 8.01. The van der Waals surface area contributed by atoms with Gasteiger partial charge in [0.15, 0.2) is 0 Å². The van der Waals surface area contributed by atoms with Crippen molar-refractivity contribution in [3.8, 4) is 0 Å². The zero-order valence-electron chi connectivity index (χ0n) is 11.3. The first kappa shape index (κ1) is 13.9. The standard InChI is InChI=1S/C15H23NOS2/c17-11-15(16-13-5-6-13)8-1-3-12(15)7-10-19-14-4-2-9-18-14/h2,4,9,12-13,16-17H,1,3,5-8,10-11H2. The molecule has 0 saturated heterocycles. The summed E-state index contributed by atoms with van der Waals surface area (Å²) in [6, 6.07) is 5.01. The van der Waals surface area contributed by atoms with E-state index in [0.717, 1.165) is 6.42 Å². The Morgan fingerprint density at radius 2 is 2.32 bits per heavy atom. The molecule has 0 amide bonds. The number of aliphatic hydroxyl groups excluding tert-OH is 1. The van der Waals surface area contributed by atoms with Crippen LogP contribution in [0.5, 0.6) is 0 Å². The highest BCUT2D eigenvalue weighted by Crippen LogP contribution is 2.41. The summed E-state index contributed by atoms with van der Waals surface area (Å²) in [5.41, 5.74) is 0.0389. The minimum absolute atomic E-state index is 0.0389. The molecule has 2 saturated carbocycles. The molecule has 0 aliphatic heterocycles. The summed E-state index contributed by atoms with van der Waals surface area (Å²) in [6.07, 6.45) is 7.55. The molecule has 2 atom stereocenters. The Hall–Kier alpha value is -0.0300. The minimum atomic E-state index is 0.0389. The van der Waals surface area contributed by atoms with E-state index in [9.17, 15) is 5.11 Å². The lowest BCUT2D eigenvalue weighted by Crippen LogP contribution is -2.52. The molecule has 2 nitrogen and oxygen atoms in total. The Balaban J connectivity index is 1.52. The van der Waals surface area contributed by atoms with Crippen LogP contribution in [0, 0.1) is 5.92 Å². The molecule has 0 bridgehead atoms. The molecule has 2 aliphatic carbocycles. The molecular weight excluding hydrogens is 274 g/mol. The Morgan fingerprint density at radius 1 is 1.42 bits per heavy atom. The normalized spacial score (nSPS) is 30.9.